The Morgan fingerprint density at radius 1 is 1.59 bits per heavy atom. The standard InChI is InChI=1S/C12H17FN2O2/c1-3-15-12(16)8(2)17-10-5-4-9(7-14)11(13)6-10/h4-6,8H,3,7,14H2,1-2H3,(H,15,16). The van der Waals surface area contributed by atoms with E-state index in [-0.39, 0.29) is 12.5 Å². The Balaban J connectivity index is 2.68. The molecule has 5 heteroatoms. The van der Waals surface area contributed by atoms with E-state index in [4.69, 9.17) is 10.5 Å². The number of halogens is 1. The molecule has 0 spiro atoms. The van der Waals surface area contributed by atoms with Gasteiger partial charge in [-0.05, 0) is 19.9 Å². The predicted octanol–water partition coefficient (Wildman–Crippen LogP) is 1.19. The molecule has 1 aromatic carbocycles. The fourth-order valence-corrected chi connectivity index (χ4v) is 1.34. The van der Waals surface area contributed by atoms with Crippen LogP contribution in [0.25, 0.3) is 0 Å². The van der Waals surface area contributed by atoms with E-state index >= 15 is 0 Å². The quantitative estimate of drug-likeness (QED) is 0.812. The van der Waals surface area contributed by atoms with Gasteiger partial charge in [0.25, 0.3) is 5.91 Å². The van der Waals surface area contributed by atoms with Gasteiger partial charge >= 0.3 is 0 Å². The van der Waals surface area contributed by atoms with Crippen molar-refractivity contribution < 1.29 is 13.9 Å². The maximum absolute atomic E-state index is 13.4. The summed E-state index contributed by atoms with van der Waals surface area (Å²) in [7, 11) is 0. The van der Waals surface area contributed by atoms with E-state index < -0.39 is 11.9 Å². The maximum atomic E-state index is 13.4. The van der Waals surface area contributed by atoms with Gasteiger partial charge in [-0.3, -0.25) is 4.79 Å². The number of likely N-dealkylation sites (N-methyl/N-ethyl adjacent to an activating group) is 1. The van der Waals surface area contributed by atoms with Gasteiger partial charge in [0.15, 0.2) is 6.10 Å². The second kappa shape index (κ2) is 6.20. The highest BCUT2D eigenvalue weighted by molar-refractivity contribution is 5.80. The number of benzene rings is 1. The smallest absolute Gasteiger partial charge is 0.260 e. The monoisotopic (exact) mass is 240 g/mol. The van der Waals surface area contributed by atoms with Crippen LogP contribution in [0.3, 0.4) is 0 Å². The van der Waals surface area contributed by atoms with Crippen molar-refractivity contribution in [2.45, 2.75) is 26.5 Å². The van der Waals surface area contributed by atoms with Crippen LogP contribution in [-0.2, 0) is 11.3 Å². The van der Waals surface area contributed by atoms with E-state index in [0.717, 1.165) is 0 Å². The summed E-state index contributed by atoms with van der Waals surface area (Å²) >= 11 is 0. The molecular weight excluding hydrogens is 223 g/mol. The molecule has 0 heterocycles. The number of amides is 1. The molecule has 94 valence electrons. The third kappa shape index (κ3) is 3.71. The van der Waals surface area contributed by atoms with Crippen LogP contribution < -0.4 is 15.8 Å². The van der Waals surface area contributed by atoms with Crippen LogP contribution in [0.5, 0.6) is 5.75 Å². The molecule has 1 unspecified atom stereocenters. The van der Waals surface area contributed by atoms with E-state index in [9.17, 15) is 9.18 Å². The Kier molecular flexibility index (Phi) is 4.90. The zero-order valence-corrected chi connectivity index (χ0v) is 10.00. The zero-order valence-electron chi connectivity index (χ0n) is 10.00. The Morgan fingerprint density at radius 3 is 2.82 bits per heavy atom. The number of rotatable bonds is 5. The lowest BCUT2D eigenvalue weighted by molar-refractivity contribution is -0.127. The predicted molar refractivity (Wildman–Crippen MR) is 63.1 cm³/mol. The molecule has 0 fully saturated rings. The Bertz CT molecular complexity index is 396. The van der Waals surface area contributed by atoms with Crippen molar-refractivity contribution >= 4 is 5.91 Å². The number of carbonyl (C=O) groups is 1. The first-order chi connectivity index (χ1) is 8.08. The van der Waals surface area contributed by atoms with Crippen molar-refractivity contribution in [3.8, 4) is 5.75 Å². The fourth-order valence-electron chi connectivity index (χ4n) is 1.34. The third-order valence-corrected chi connectivity index (χ3v) is 2.28. The molecule has 1 aromatic rings. The third-order valence-electron chi connectivity index (χ3n) is 2.28. The first kappa shape index (κ1) is 13.4. The first-order valence-electron chi connectivity index (χ1n) is 5.51. The summed E-state index contributed by atoms with van der Waals surface area (Å²) in [5.74, 6) is -0.331. The average molecular weight is 240 g/mol. The topological polar surface area (TPSA) is 64.3 Å². The summed E-state index contributed by atoms with van der Waals surface area (Å²) in [6, 6.07) is 4.38. The van der Waals surface area contributed by atoms with Crippen molar-refractivity contribution in [3.05, 3.63) is 29.6 Å². The van der Waals surface area contributed by atoms with Crippen LogP contribution in [0.1, 0.15) is 19.4 Å². The Labute approximate surface area is 100.0 Å². The van der Waals surface area contributed by atoms with E-state index in [1.807, 2.05) is 6.92 Å². The van der Waals surface area contributed by atoms with Crippen molar-refractivity contribution in [2.24, 2.45) is 5.73 Å². The largest absolute Gasteiger partial charge is 0.481 e. The average Bonchev–Trinajstić information content (AvgIpc) is 2.29. The summed E-state index contributed by atoms with van der Waals surface area (Å²) in [6.45, 7) is 4.10. The summed E-state index contributed by atoms with van der Waals surface area (Å²) in [5.41, 5.74) is 5.76. The zero-order chi connectivity index (χ0) is 12.8. The molecule has 0 saturated carbocycles. The molecule has 3 N–H and O–H groups in total. The van der Waals surface area contributed by atoms with Crippen molar-refractivity contribution in [1.29, 1.82) is 0 Å². The molecule has 0 aliphatic carbocycles. The number of carbonyl (C=O) groups excluding carboxylic acids is 1. The highest BCUT2D eigenvalue weighted by atomic mass is 19.1. The van der Waals surface area contributed by atoms with Gasteiger partial charge in [-0.25, -0.2) is 4.39 Å². The second-order valence-corrected chi connectivity index (χ2v) is 3.61. The minimum Gasteiger partial charge on any atom is -0.481 e. The lowest BCUT2D eigenvalue weighted by Crippen LogP contribution is -2.36. The highest BCUT2D eigenvalue weighted by Crippen LogP contribution is 2.17. The van der Waals surface area contributed by atoms with Gasteiger partial charge in [0.05, 0.1) is 0 Å². The van der Waals surface area contributed by atoms with Crippen LogP contribution in [0.2, 0.25) is 0 Å². The maximum Gasteiger partial charge on any atom is 0.260 e. The molecule has 1 amide bonds. The molecule has 0 bridgehead atoms. The van der Waals surface area contributed by atoms with Gasteiger partial charge in [-0.2, -0.15) is 0 Å². The lowest BCUT2D eigenvalue weighted by atomic mass is 10.2. The van der Waals surface area contributed by atoms with Crippen LogP contribution in [0.4, 0.5) is 4.39 Å². The minimum atomic E-state index is -0.655. The molecule has 0 radical (unpaired) electrons. The van der Waals surface area contributed by atoms with Gasteiger partial charge in [0.2, 0.25) is 0 Å². The molecule has 4 nitrogen and oxygen atoms in total. The molecule has 17 heavy (non-hydrogen) atoms. The number of hydrogen-bond acceptors (Lipinski definition) is 3. The fraction of sp³-hybridized carbons (Fsp3) is 0.417. The summed E-state index contributed by atoms with van der Waals surface area (Å²) in [5, 5.41) is 2.63. The molecular formula is C12H17FN2O2. The molecule has 0 aliphatic rings. The van der Waals surface area contributed by atoms with Crippen LogP contribution in [0.15, 0.2) is 18.2 Å². The number of nitrogens with one attached hydrogen (secondary N) is 1. The molecule has 0 aliphatic heterocycles. The van der Waals surface area contributed by atoms with Gasteiger partial charge < -0.3 is 15.8 Å². The SMILES string of the molecule is CCNC(=O)C(C)Oc1ccc(CN)c(F)c1. The molecule has 1 atom stereocenters. The normalized spacial score (nSPS) is 12.0. The van der Waals surface area contributed by atoms with Gasteiger partial charge in [0, 0.05) is 24.7 Å². The van der Waals surface area contributed by atoms with Crippen molar-refractivity contribution in [3.63, 3.8) is 0 Å². The van der Waals surface area contributed by atoms with Gasteiger partial charge in [-0.15, -0.1) is 0 Å². The summed E-state index contributed by atoms with van der Waals surface area (Å²) in [4.78, 5) is 11.4. The van der Waals surface area contributed by atoms with Crippen LogP contribution in [-0.4, -0.2) is 18.6 Å². The van der Waals surface area contributed by atoms with E-state index in [0.29, 0.717) is 17.9 Å². The number of ether oxygens (including phenoxy) is 1. The highest BCUT2D eigenvalue weighted by Gasteiger charge is 2.14. The molecule has 0 saturated heterocycles. The van der Waals surface area contributed by atoms with Crippen LogP contribution in [0, 0.1) is 5.82 Å². The van der Waals surface area contributed by atoms with Gasteiger partial charge in [-0.1, -0.05) is 6.07 Å². The van der Waals surface area contributed by atoms with Crippen molar-refractivity contribution in [2.75, 3.05) is 6.54 Å². The van der Waals surface area contributed by atoms with Crippen molar-refractivity contribution in [1.82, 2.24) is 5.32 Å². The number of nitrogens with two attached hydrogens (primary N) is 1. The van der Waals surface area contributed by atoms with E-state index in [2.05, 4.69) is 5.32 Å². The lowest BCUT2D eigenvalue weighted by Gasteiger charge is -2.14. The van der Waals surface area contributed by atoms with Gasteiger partial charge in [0.1, 0.15) is 11.6 Å². The Morgan fingerprint density at radius 2 is 2.29 bits per heavy atom. The second-order valence-electron chi connectivity index (χ2n) is 3.61. The van der Waals surface area contributed by atoms with E-state index in [1.165, 1.54) is 6.07 Å². The first-order valence-corrected chi connectivity index (χ1v) is 5.51. The molecule has 1 rings (SSSR count). The summed E-state index contributed by atoms with van der Waals surface area (Å²) in [6.07, 6.45) is -0.655. The summed E-state index contributed by atoms with van der Waals surface area (Å²) < 4.78 is 18.7. The number of hydrogen-bond donors (Lipinski definition) is 2. The minimum absolute atomic E-state index is 0.137. The Hall–Kier alpha value is -1.62. The van der Waals surface area contributed by atoms with E-state index in [1.54, 1.807) is 19.1 Å². The molecule has 0 aromatic heterocycles. The van der Waals surface area contributed by atoms with Crippen LogP contribution >= 0.6 is 0 Å².